The average Bonchev–Trinajstić information content (AvgIpc) is 3.32. The Morgan fingerprint density at radius 1 is 1.13 bits per heavy atom. The third-order valence-corrected chi connectivity index (χ3v) is 6.61. The lowest BCUT2D eigenvalue weighted by molar-refractivity contribution is -0.149. The number of rotatable bonds is 4. The Labute approximate surface area is 177 Å². The van der Waals surface area contributed by atoms with Crippen LogP contribution in [0.4, 0.5) is 17.6 Å². The van der Waals surface area contributed by atoms with Crippen molar-refractivity contribution in [2.24, 2.45) is 11.8 Å². The lowest BCUT2D eigenvalue weighted by Gasteiger charge is -2.34. The molecule has 3 atom stereocenters. The van der Waals surface area contributed by atoms with Gasteiger partial charge in [0.15, 0.2) is 0 Å². The summed E-state index contributed by atoms with van der Waals surface area (Å²) in [6.07, 6.45) is -2.16. The third kappa shape index (κ3) is 4.99. The van der Waals surface area contributed by atoms with E-state index >= 15 is 0 Å². The molecule has 3 aliphatic rings. The molecule has 170 valence electrons. The zero-order valence-electron chi connectivity index (χ0n) is 17.0. The van der Waals surface area contributed by atoms with E-state index in [1.807, 2.05) is 0 Å². The standard InChI is InChI=1S/C21H25F4N3O3/c22-15-7-14(8-26-9-15)13-2-5-27(6-3-13)20(30)17-12-31-18-11-28(10-16(17)18)19(29)1-4-21(23,24)25/h7-9,13,16-18H,1-6,10-12H2/t16-,17-,18-/m1/s1. The van der Waals surface area contributed by atoms with Crippen molar-refractivity contribution in [2.75, 3.05) is 32.8 Å². The fourth-order valence-electron chi connectivity index (χ4n) is 4.90. The topological polar surface area (TPSA) is 62.7 Å². The van der Waals surface area contributed by atoms with Crippen LogP contribution in [0.1, 0.15) is 37.2 Å². The summed E-state index contributed by atoms with van der Waals surface area (Å²) < 4.78 is 56.3. The first-order valence-corrected chi connectivity index (χ1v) is 10.6. The molecule has 0 N–H and O–H groups in total. The molecule has 0 saturated carbocycles. The molecule has 6 nitrogen and oxygen atoms in total. The number of hydrogen-bond donors (Lipinski definition) is 0. The summed E-state index contributed by atoms with van der Waals surface area (Å²) in [4.78, 5) is 32.3. The van der Waals surface area contributed by atoms with Gasteiger partial charge in [-0.3, -0.25) is 14.6 Å². The Morgan fingerprint density at radius 2 is 1.87 bits per heavy atom. The van der Waals surface area contributed by atoms with E-state index in [-0.39, 0.29) is 49.4 Å². The molecule has 4 heterocycles. The van der Waals surface area contributed by atoms with Gasteiger partial charge in [-0.1, -0.05) is 0 Å². The predicted molar refractivity (Wildman–Crippen MR) is 101 cm³/mol. The number of hydrogen-bond acceptors (Lipinski definition) is 4. The predicted octanol–water partition coefficient (Wildman–Crippen LogP) is 2.74. The van der Waals surface area contributed by atoms with E-state index in [4.69, 9.17) is 4.74 Å². The first-order chi connectivity index (χ1) is 14.7. The average molecular weight is 443 g/mol. The van der Waals surface area contributed by atoms with Crippen LogP contribution in [0.15, 0.2) is 18.5 Å². The number of ether oxygens (including phenoxy) is 1. The lowest BCUT2D eigenvalue weighted by Crippen LogP contribution is -2.44. The van der Waals surface area contributed by atoms with Crippen molar-refractivity contribution in [3.8, 4) is 0 Å². The van der Waals surface area contributed by atoms with Crippen molar-refractivity contribution in [3.05, 3.63) is 29.8 Å². The quantitative estimate of drug-likeness (QED) is 0.672. The summed E-state index contributed by atoms with van der Waals surface area (Å²) >= 11 is 0. The van der Waals surface area contributed by atoms with E-state index in [1.54, 1.807) is 11.1 Å². The van der Waals surface area contributed by atoms with Gasteiger partial charge in [-0.05, 0) is 30.4 Å². The second-order valence-corrected chi connectivity index (χ2v) is 8.59. The monoisotopic (exact) mass is 443 g/mol. The lowest BCUT2D eigenvalue weighted by atomic mass is 9.88. The number of fused-ring (bicyclic) bond motifs is 1. The maximum Gasteiger partial charge on any atom is 0.389 e. The number of carbonyl (C=O) groups is 2. The smallest absolute Gasteiger partial charge is 0.375 e. The Hall–Kier alpha value is -2.23. The van der Waals surface area contributed by atoms with Gasteiger partial charge in [-0.2, -0.15) is 13.2 Å². The van der Waals surface area contributed by atoms with E-state index in [2.05, 4.69) is 4.98 Å². The van der Waals surface area contributed by atoms with E-state index in [0.717, 1.165) is 11.8 Å². The summed E-state index contributed by atoms with van der Waals surface area (Å²) in [6, 6.07) is 1.48. The highest BCUT2D eigenvalue weighted by Crippen LogP contribution is 2.37. The van der Waals surface area contributed by atoms with Gasteiger partial charge in [0.05, 0.1) is 31.2 Å². The number of carbonyl (C=O) groups excluding carboxylic acids is 2. The highest BCUT2D eigenvalue weighted by Gasteiger charge is 2.49. The summed E-state index contributed by atoms with van der Waals surface area (Å²) in [6.45, 7) is 1.85. The van der Waals surface area contributed by atoms with Crippen molar-refractivity contribution in [1.82, 2.24) is 14.8 Å². The van der Waals surface area contributed by atoms with Crippen LogP contribution in [0, 0.1) is 17.7 Å². The molecule has 2 amide bonds. The molecule has 0 radical (unpaired) electrons. The molecular weight excluding hydrogens is 418 g/mol. The number of pyridine rings is 1. The number of amides is 2. The van der Waals surface area contributed by atoms with Gasteiger partial charge in [0.25, 0.3) is 0 Å². The van der Waals surface area contributed by atoms with Crippen LogP contribution in [0.2, 0.25) is 0 Å². The molecule has 0 aromatic carbocycles. The van der Waals surface area contributed by atoms with Crippen LogP contribution >= 0.6 is 0 Å². The van der Waals surface area contributed by atoms with Crippen LogP contribution in [-0.2, 0) is 14.3 Å². The van der Waals surface area contributed by atoms with Gasteiger partial charge >= 0.3 is 6.18 Å². The molecule has 0 unspecified atom stereocenters. The SMILES string of the molecule is O=C(CCC(F)(F)F)N1C[C@H]2[C@@H](C1)OC[C@H]2C(=O)N1CCC(c2cncc(F)c2)CC1. The van der Waals surface area contributed by atoms with Crippen molar-refractivity contribution < 1.29 is 31.9 Å². The first-order valence-electron chi connectivity index (χ1n) is 10.6. The summed E-state index contributed by atoms with van der Waals surface area (Å²) in [7, 11) is 0. The Balaban J connectivity index is 1.30. The van der Waals surface area contributed by atoms with Gasteiger partial charge in [-0.15, -0.1) is 0 Å². The fraction of sp³-hybridized carbons (Fsp3) is 0.667. The van der Waals surface area contributed by atoms with Crippen molar-refractivity contribution in [2.45, 2.75) is 43.9 Å². The van der Waals surface area contributed by atoms with Gasteiger partial charge in [0.1, 0.15) is 5.82 Å². The maximum absolute atomic E-state index is 13.4. The molecule has 3 aliphatic heterocycles. The third-order valence-electron chi connectivity index (χ3n) is 6.61. The Morgan fingerprint density at radius 3 is 2.55 bits per heavy atom. The van der Waals surface area contributed by atoms with Crippen LogP contribution < -0.4 is 0 Å². The second-order valence-electron chi connectivity index (χ2n) is 8.59. The van der Waals surface area contributed by atoms with Crippen LogP contribution in [0.3, 0.4) is 0 Å². The minimum absolute atomic E-state index is 0.0343. The highest BCUT2D eigenvalue weighted by atomic mass is 19.4. The van der Waals surface area contributed by atoms with E-state index in [9.17, 15) is 27.2 Å². The van der Waals surface area contributed by atoms with Crippen molar-refractivity contribution >= 4 is 11.8 Å². The first kappa shape index (κ1) is 22.0. The zero-order valence-corrected chi connectivity index (χ0v) is 17.0. The number of halogens is 4. The molecule has 3 saturated heterocycles. The van der Waals surface area contributed by atoms with Gasteiger partial charge in [0.2, 0.25) is 11.8 Å². The Bertz CT molecular complexity index is 826. The van der Waals surface area contributed by atoms with Crippen LogP contribution in [-0.4, -0.2) is 71.7 Å². The summed E-state index contributed by atoms with van der Waals surface area (Å²) in [5.74, 6) is -1.39. The van der Waals surface area contributed by atoms with Crippen LogP contribution in [0.5, 0.6) is 0 Å². The van der Waals surface area contributed by atoms with E-state index < -0.39 is 30.8 Å². The minimum atomic E-state index is -4.37. The molecule has 0 bridgehead atoms. The number of aromatic nitrogens is 1. The summed E-state index contributed by atoms with van der Waals surface area (Å²) in [5.41, 5.74) is 0.833. The van der Waals surface area contributed by atoms with Crippen LogP contribution in [0.25, 0.3) is 0 Å². The largest absolute Gasteiger partial charge is 0.389 e. The van der Waals surface area contributed by atoms with E-state index in [0.29, 0.717) is 25.9 Å². The van der Waals surface area contributed by atoms with Gasteiger partial charge in [0, 0.05) is 44.7 Å². The number of piperidine rings is 1. The molecule has 1 aromatic heterocycles. The molecule has 31 heavy (non-hydrogen) atoms. The molecule has 0 aliphatic carbocycles. The molecule has 10 heteroatoms. The maximum atomic E-state index is 13.4. The Kier molecular flexibility index (Phi) is 6.18. The highest BCUT2D eigenvalue weighted by molar-refractivity contribution is 5.81. The van der Waals surface area contributed by atoms with Gasteiger partial charge < -0.3 is 14.5 Å². The van der Waals surface area contributed by atoms with Crippen molar-refractivity contribution in [1.29, 1.82) is 0 Å². The number of alkyl halides is 3. The molecule has 0 spiro atoms. The minimum Gasteiger partial charge on any atom is -0.375 e. The molecule has 4 rings (SSSR count). The molecular formula is C21H25F4N3O3. The number of nitrogens with zero attached hydrogens (tertiary/aromatic N) is 3. The zero-order chi connectivity index (χ0) is 22.2. The van der Waals surface area contributed by atoms with E-state index in [1.165, 1.54) is 11.0 Å². The summed E-state index contributed by atoms with van der Waals surface area (Å²) in [5, 5.41) is 0. The van der Waals surface area contributed by atoms with Gasteiger partial charge in [-0.25, -0.2) is 4.39 Å². The second kappa shape index (κ2) is 8.72. The fourth-order valence-corrected chi connectivity index (χ4v) is 4.90. The normalized spacial score (nSPS) is 26.9. The molecule has 1 aromatic rings. The molecule has 3 fully saturated rings. The number of likely N-dealkylation sites (tertiary alicyclic amines) is 2. The van der Waals surface area contributed by atoms with Crippen molar-refractivity contribution in [3.63, 3.8) is 0 Å².